The zero-order chi connectivity index (χ0) is 24.8. The zero-order valence-electron chi connectivity index (χ0n) is 18.8. The first-order chi connectivity index (χ1) is 16.9. The third-order valence-electron chi connectivity index (χ3n) is 5.22. The second kappa shape index (κ2) is 11.0. The summed E-state index contributed by atoms with van der Waals surface area (Å²) in [5, 5.41) is 2.54. The smallest absolute Gasteiger partial charge is 0.337 e. The van der Waals surface area contributed by atoms with Gasteiger partial charge in [0, 0.05) is 12.1 Å². The molecule has 2 amide bonds. The van der Waals surface area contributed by atoms with Gasteiger partial charge in [-0.25, -0.2) is 14.2 Å². The number of rotatable bonds is 7. The van der Waals surface area contributed by atoms with Gasteiger partial charge in [-0.15, -0.1) is 0 Å². The van der Waals surface area contributed by atoms with Crippen LogP contribution in [-0.2, 0) is 20.9 Å². The fraction of sp³-hybridized carbons (Fsp3) is 0.154. The van der Waals surface area contributed by atoms with Gasteiger partial charge in [-0.1, -0.05) is 42.1 Å². The summed E-state index contributed by atoms with van der Waals surface area (Å²) in [5.41, 5.74) is 2.30. The molecule has 3 aromatic rings. The number of halogens is 1. The number of anilines is 1. The third kappa shape index (κ3) is 6.13. The Morgan fingerprint density at radius 3 is 2.37 bits per heavy atom. The topological polar surface area (TPSA) is 88.1 Å². The summed E-state index contributed by atoms with van der Waals surface area (Å²) in [5.74, 6) is -1.41. The Morgan fingerprint density at radius 2 is 1.71 bits per heavy atom. The van der Waals surface area contributed by atoms with Crippen molar-refractivity contribution in [1.29, 1.82) is 0 Å². The zero-order valence-corrected chi connectivity index (χ0v) is 19.6. The molecule has 1 fully saturated rings. The first-order valence-corrected chi connectivity index (χ1v) is 11.7. The number of amides is 2. The number of methoxy groups -OCH3 is 1. The van der Waals surface area contributed by atoms with Crippen LogP contribution in [0.15, 0.2) is 83.9 Å². The number of amidine groups is 1. The van der Waals surface area contributed by atoms with Gasteiger partial charge in [0.05, 0.1) is 24.9 Å². The number of benzene rings is 3. The molecule has 178 valence electrons. The number of aliphatic imine (C=N–C) groups is 1. The summed E-state index contributed by atoms with van der Waals surface area (Å²) < 4.78 is 18.0. The van der Waals surface area contributed by atoms with Crippen molar-refractivity contribution in [3.05, 3.63) is 95.8 Å². The molecule has 1 aliphatic rings. The largest absolute Gasteiger partial charge is 0.465 e. The minimum atomic E-state index is -0.660. The number of hydrogen-bond donors (Lipinski definition) is 1. The molecule has 7 nitrogen and oxygen atoms in total. The third-order valence-corrected chi connectivity index (χ3v) is 6.39. The van der Waals surface area contributed by atoms with Crippen LogP contribution in [0.1, 0.15) is 22.3 Å². The molecule has 0 saturated carbocycles. The van der Waals surface area contributed by atoms with E-state index in [1.54, 1.807) is 29.2 Å². The van der Waals surface area contributed by atoms with Crippen LogP contribution >= 0.6 is 11.8 Å². The Hall–Kier alpha value is -3.98. The van der Waals surface area contributed by atoms with Gasteiger partial charge < -0.3 is 10.1 Å². The van der Waals surface area contributed by atoms with E-state index < -0.39 is 11.2 Å². The molecule has 0 aromatic heterocycles. The molecule has 1 atom stereocenters. The monoisotopic (exact) mass is 491 g/mol. The molecule has 1 aliphatic heterocycles. The van der Waals surface area contributed by atoms with E-state index in [9.17, 15) is 18.8 Å². The first kappa shape index (κ1) is 24.2. The normalized spacial score (nSPS) is 16.4. The van der Waals surface area contributed by atoms with Gasteiger partial charge in [-0.05, 0) is 54.1 Å². The summed E-state index contributed by atoms with van der Waals surface area (Å²) in [7, 11) is 1.29. The maximum atomic E-state index is 13.3. The molecule has 1 heterocycles. The van der Waals surface area contributed by atoms with Crippen LogP contribution in [-0.4, -0.2) is 40.2 Å². The van der Waals surface area contributed by atoms with E-state index in [1.165, 1.54) is 43.1 Å². The standard InChI is InChI=1S/C26H22FN3O4S/c1-34-25(33)18-7-11-20(12-8-18)28-23(31)15-22-24(32)30(16-17-5-3-2-4-6-17)26(35-22)29-21-13-9-19(27)10-14-21/h2-14,22H,15-16H2,1H3,(H,28,31)/t22-/m0/s1. The van der Waals surface area contributed by atoms with E-state index in [0.29, 0.717) is 28.7 Å². The summed E-state index contributed by atoms with van der Waals surface area (Å²) in [4.78, 5) is 43.6. The van der Waals surface area contributed by atoms with E-state index in [0.717, 1.165) is 5.56 Å². The molecule has 1 saturated heterocycles. The van der Waals surface area contributed by atoms with Gasteiger partial charge in [0.25, 0.3) is 0 Å². The van der Waals surface area contributed by atoms with E-state index in [-0.39, 0.29) is 24.1 Å². The highest BCUT2D eigenvalue weighted by molar-refractivity contribution is 8.15. The Labute approximate surface area is 206 Å². The average Bonchev–Trinajstić information content (AvgIpc) is 3.14. The van der Waals surface area contributed by atoms with Crippen LogP contribution in [0.5, 0.6) is 0 Å². The quantitative estimate of drug-likeness (QED) is 0.481. The fourth-order valence-corrected chi connectivity index (χ4v) is 4.61. The molecular weight excluding hydrogens is 469 g/mol. The minimum absolute atomic E-state index is 0.0595. The van der Waals surface area contributed by atoms with E-state index in [2.05, 4.69) is 15.0 Å². The van der Waals surface area contributed by atoms with Crippen molar-refractivity contribution in [2.75, 3.05) is 12.4 Å². The maximum Gasteiger partial charge on any atom is 0.337 e. The number of hydrogen-bond acceptors (Lipinski definition) is 6. The van der Waals surface area contributed by atoms with Crippen LogP contribution in [0.2, 0.25) is 0 Å². The van der Waals surface area contributed by atoms with Crippen LogP contribution < -0.4 is 5.32 Å². The lowest BCUT2D eigenvalue weighted by molar-refractivity contribution is -0.128. The number of ether oxygens (including phenoxy) is 1. The molecule has 0 aliphatic carbocycles. The SMILES string of the molecule is COC(=O)c1ccc(NC(=O)C[C@@H]2SC(=Nc3ccc(F)cc3)N(Cc3ccccc3)C2=O)cc1. The van der Waals surface area contributed by atoms with Crippen LogP contribution in [0.3, 0.4) is 0 Å². The van der Waals surface area contributed by atoms with Crippen molar-refractivity contribution < 1.29 is 23.5 Å². The van der Waals surface area contributed by atoms with Crippen LogP contribution in [0, 0.1) is 5.82 Å². The number of thioether (sulfide) groups is 1. The molecular formula is C26H22FN3O4S. The van der Waals surface area contributed by atoms with Crippen molar-refractivity contribution in [3.63, 3.8) is 0 Å². The molecule has 9 heteroatoms. The van der Waals surface area contributed by atoms with Gasteiger partial charge in [0.2, 0.25) is 11.8 Å². The van der Waals surface area contributed by atoms with Gasteiger partial charge in [0.1, 0.15) is 11.1 Å². The average molecular weight is 492 g/mol. The second-order valence-corrected chi connectivity index (χ2v) is 8.88. The van der Waals surface area contributed by atoms with Gasteiger partial charge in [-0.3, -0.25) is 14.5 Å². The molecule has 3 aromatic carbocycles. The first-order valence-electron chi connectivity index (χ1n) is 10.8. The Bertz CT molecular complexity index is 1250. The predicted molar refractivity (Wildman–Crippen MR) is 133 cm³/mol. The Morgan fingerprint density at radius 1 is 1.03 bits per heavy atom. The van der Waals surface area contributed by atoms with Crippen molar-refractivity contribution in [3.8, 4) is 0 Å². The number of carbonyl (C=O) groups excluding carboxylic acids is 3. The number of esters is 1. The molecule has 0 radical (unpaired) electrons. The van der Waals surface area contributed by atoms with Crippen molar-refractivity contribution >= 4 is 46.1 Å². The highest BCUT2D eigenvalue weighted by Gasteiger charge is 2.39. The molecule has 0 spiro atoms. The van der Waals surface area contributed by atoms with E-state index in [1.807, 2.05) is 30.3 Å². The summed E-state index contributed by atoms with van der Waals surface area (Å²) in [6.45, 7) is 0.305. The lowest BCUT2D eigenvalue weighted by atomic mass is 10.2. The van der Waals surface area contributed by atoms with Crippen molar-refractivity contribution in [2.24, 2.45) is 4.99 Å². The van der Waals surface area contributed by atoms with Gasteiger partial charge >= 0.3 is 5.97 Å². The predicted octanol–water partition coefficient (Wildman–Crippen LogP) is 4.77. The second-order valence-electron chi connectivity index (χ2n) is 7.71. The summed E-state index contributed by atoms with van der Waals surface area (Å²) in [6.07, 6.45) is -0.0595. The van der Waals surface area contributed by atoms with Crippen molar-refractivity contribution in [1.82, 2.24) is 4.90 Å². The lowest BCUT2D eigenvalue weighted by Gasteiger charge is -2.16. The molecule has 35 heavy (non-hydrogen) atoms. The Balaban J connectivity index is 1.49. The van der Waals surface area contributed by atoms with Gasteiger partial charge in [-0.2, -0.15) is 0 Å². The summed E-state index contributed by atoms with van der Waals surface area (Å²) in [6, 6.07) is 21.4. The number of nitrogens with one attached hydrogen (secondary N) is 1. The molecule has 0 unspecified atom stereocenters. The highest BCUT2D eigenvalue weighted by Crippen LogP contribution is 2.33. The fourth-order valence-electron chi connectivity index (χ4n) is 3.45. The molecule has 4 rings (SSSR count). The maximum absolute atomic E-state index is 13.3. The Kier molecular flexibility index (Phi) is 7.57. The summed E-state index contributed by atoms with van der Waals surface area (Å²) >= 11 is 1.20. The van der Waals surface area contributed by atoms with E-state index in [4.69, 9.17) is 0 Å². The molecule has 0 bridgehead atoms. The minimum Gasteiger partial charge on any atom is -0.465 e. The highest BCUT2D eigenvalue weighted by atomic mass is 32.2. The van der Waals surface area contributed by atoms with E-state index >= 15 is 0 Å². The lowest BCUT2D eigenvalue weighted by Crippen LogP contribution is -2.33. The number of carbonyl (C=O) groups is 3. The van der Waals surface area contributed by atoms with Gasteiger partial charge in [0.15, 0.2) is 5.17 Å². The van der Waals surface area contributed by atoms with Crippen LogP contribution in [0.4, 0.5) is 15.8 Å². The van der Waals surface area contributed by atoms with Crippen LogP contribution in [0.25, 0.3) is 0 Å². The molecule has 1 N–H and O–H groups in total. The van der Waals surface area contributed by atoms with Crippen molar-refractivity contribution in [2.45, 2.75) is 18.2 Å². The number of nitrogens with zero attached hydrogens (tertiary/aromatic N) is 2.